The van der Waals surface area contributed by atoms with Gasteiger partial charge in [-0.2, -0.15) is 0 Å². The number of piperazine rings is 1. The number of aryl methyl sites for hydroxylation is 3. The number of nitrogens with zero attached hydrogens (tertiary/aromatic N) is 10. The zero-order chi connectivity index (χ0) is 52.0. The van der Waals surface area contributed by atoms with E-state index >= 15 is 0 Å². The number of hydrogen-bond acceptors (Lipinski definition) is 15. The van der Waals surface area contributed by atoms with Gasteiger partial charge >= 0.3 is 0 Å². The van der Waals surface area contributed by atoms with Crippen molar-refractivity contribution in [1.82, 2.24) is 44.6 Å². The molecule has 1 fully saturated rings. The van der Waals surface area contributed by atoms with E-state index in [2.05, 4.69) is 61.0 Å². The first-order valence-corrected chi connectivity index (χ1v) is 27.8. The molecule has 0 radical (unpaired) electrons. The summed E-state index contributed by atoms with van der Waals surface area (Å²) in [5.74, 6) is 2.59. The Kier molecular flexibility index (Phi) is 17.5. The monoisotopic (exact) mass is 1080 g/mol. The molecular formula is C54H63Cl2N11O5S2. The summed E-state index contributed by atoms with van der Waals surface area (Å²) in [4.78, 5) is 58.1. The van der Waals surface area contributed by atoms with Crippen molar-refractivity contribution in [3.63, 3.8) is 0 Å². The van der Waals surface area contributed by atoms with E-state index in [4.69, 9.17) is 42.7 Å². The number of Topliss-reactive ketones (excluding diaryl/α,β-unsaturated/α-hetero) is 2. The predicted octanol–water partition coefficient (Wildman–Crippen LogP) is 9.18. The molecule has 3 aliphatic heterocycles. The molecule has 2 unspecified atom stereocenters. The van der Waals surface area contributed by atoms with Crippen LogP contribution in [0.25, 0.3) is 10.0 Å². The van der Waals surface area contributed by atoms with Crippen LogP contribution >= 0.6 is 45.9 Å². The molecule has 0 saturated carbocycles. The number of aromatic nitrogens is 6. The number of carbonyl (C=O) groups is 3. The second-order valence-electron chi connectivity index (χ2n) is 19.3. The highest BCUT2D eigenvalue weighted by atomic mass is 35.5. The second-order valence-corrected chi connectivity index (χ2v) is 22.3. The van der Waals surface area contributed by atoms with Gasteiger partial charge in [-0.05, 0) is 103 Å². The third kappa shape index (κ3) is 12.0. The van der Waals surface area contributed by atoms with Crippen LogP contribution in [0.15, 0.2) is 58.5 Å². The van der Waals surface area contributed by atoms with Crippen molar-refractivity contribution >= 4 is 74.8 Å². The van der Waals surface area contributed by atoms with Gasteiger partial charge in [0.15, 0.2) is 11.6 Å². The van der Waals surface area contributed by atoms with Gasteiger partial charge in [-0.25, -0.2) is 0 Å². The zero-order valence-corrected chi connectivity index (χ0v) is 46.0. The van der Waals surface area contributed by atoms with Crippen molar-refractivity contribution in [2.45, 2.75) is 91.6 Å². The smallest absolute Gasteiger partial charge is 0.261 e. The van der Waals surface area contributed by atoms with Crippen LogP contribution in [0.4, 0.5) is 0 Å². The molecule has 4 aromatic heterocycles. The van der Waals surface area contributed by atoms with Crippen LogP contribution in [0, 0.1) is 34.6 Å². The molecule has 9 rings (SSSR count). The molecule has 16 nitrogen and oxygen atoms in total. The number of hydrogen-bond donors (Lipinski definition) is 1. The topological polar surface area (TPSA) is 174 Å². The fraction of sp³-hybridized carbons (Fsp3) is 0.463. The highest BCUT2D eigenvalue weighted by Crippen LogP contribution is 2.42. The maximum Gasteiger partial charge on any atom is 0.261 e. The average Bonchev–Trinajstić information content (AvgIpc) is 4.09. The molecule has 1 amide bonds. The summed E-state index contributed by atoms with van der Waals surface area (Å²) >= 11 is 15.6. The minimum atomic E-state index is -0.562. The summed E-state index contributed by atoms with van der Waals surface area (Å²) < 4.78 is 15.7. The molecule has 0 bridgehead atoms. The van der Waals surface area contributed by atoms with Gasteiger partial charge < -0.3 is 24.6 Å². The molecular weight excluding hydrogens is 1020 g/mol. The van der Waals surface area contributed by atoms with Crippen LogP contribution in [0.3, 0.4) is 0 Å². The third-order valence-electron chi connectivity index (χ3n) is 13.9. The maximum atomic E-state index is 13.9. The van der Waals surface area contributed by atoms with Crippen molar-refractivity contribution in [3.05, 3.63) is 125 Å². The molecule has 6 aromatic rings. The van der Waals surface area contributed by atoms with E-state index in [0.717, 1.165) is 100 Å². The number of rotatable bonds is 22. The van der Waals surface area contributed by atoms with E-state index in [0.29, 0.717) is 77.2 Å². The number of halogens is 2. The minimum absolute atomic E-state index is 0.0623. The first-order valence-electron chi connectivity index (χ1n) is 25.4. The summed E-state index contributed by atoms with van der Waals surface area (Å²) in [6.45, 7) is 16.9. The van der Waals surface area contributed by atoms with Crippen molar-refractivity contribution in [3.8, 4) is 10.0 Å². The molecule has 2 aromatic carbocycles. The van der Waals surface area contributed by atoms with E-state index in [-0.39, 0.29) is 43.5 Å². The molecule has 0 spiro atoms. The number of aliphatic imine (C=N–C) groups is 2. The molecule has 1 N–H and O–H groups in total. The van der Waals surface area contributed by atoms with Crippen LogP contribution in [0.2, 0.25) is 10.0 Å². The number of nitrogens with one attached hydrogen (secondary N) is 1. The quantitative estimate of drug-likeness (QED) is 0.0642. The summed E-state index contributed by atoms with van der Waals surface area (Å²) in [6.07, 6.45) is 3.53. The lowest BCUT2D eigenvalue weighted by Crippen LogP contribution is -2.44. The van der Waals surface area contributed by atoms with Gasteiger partial charge in [-0.1, -0.05) is 47.5 Å². The van der Waals surface area contributed by atoms with Crippen molar-refractivity contribution in [1.29, 1.82) is 0 Å². The van der Waals surface area contributed by atoms with Gasteiger partial charge in [0.25, 0.3) is 5.91 Å². The van der Waals surface area contributed by atoms with Crippen LogP contribution in [0.5, 0.6) is 0 Å². The lowest BCUT2D eigenvalue weighted by Gasteiger charge is -2.32. The summed E-state index contributed by atoms with van der Waals surface area (Å²) in [6, 6.07) is 14.1. The first-order chi connectivity index (χ1) is 35.7. The van der Waals surface area contributed by atoms with Crippen LogP contribution in [-0.4, -0.2) is 141 Å². The van der Waals surface area contributed by atoms with Gasteiger partial charge in [0.05, 0.1) is 36.1 Å². The van der Waals surface area contributed by atoms with Gasteiger partial charge in [0, 0.05) is 102 Å². The summed E-state index contributed by atoms with van der Waals surface area (Å²) in [5.41, 5.74) is 6.97. The summed E-state index contributed by atoms with van der Waals surface area (Å²) in [7, 11) is 2.16. The lowest BCUT2D eigenvalue weighted by atomic mass is 9.99. The summed E-state index contributed by atoms with van der Waals surface area (Å²) in [5, 5.41) is 24.0. The second kappa shape index (κ2) is 24.1. The van der Waals surface area contributed by atoms with E-state index in [1.807, 2.05) is 73.9 Å². The molecule has 20 heteroatoms. The van der Waals surface area contributed by atoms with E-state index in [1.54, 1.807) is 11.3 Å². The Hall–Kier alpha value is -5.31. The Morgan fingerprint density at radius 2 is 1.15 bits per heavy atom. The first kappa shape index (κ1) is 53.5. The zero-order valence-electron chi connectivity index (χ0n) is 42.9. The molecule has 2 atom stereocenters. The highest BCUT2D eigenvalue weighted by Gasteiger charge is 2.35. The van der Waals surface area contributed by atoms with Crippen molar-refractivity contribution in [2.24, 2.45) is 9.98 Å². The average molecular weight is 1080 g/mol. The molecule has 1 saturated heterocycles. The largest absolute Gasteiger partial charge is 0.379 e. The SMILES string of the molecule is Cc1sc2c(c1C)C(c1ccc(Cl)cc1)=NC(CC(=O)CCCOCCOCCNC(=O)c1sc3c(c1C)C(c1ccc(Cl)cc1)=NC(CC(=O)CCCCN1CCN(C)CC1)c1nnc(C)n1-3)c1nnc(C)n1-2. The number of carbonyl (C=O) groups excluding carboxylic acids is 3. The molecule has 3 aliphatic rings. The molecule has 390 valence electrons. The number of benzene rings is 2. The third-order valence-corrected chi connectivity index (χ3v) is 16.9. The Morgan fingerprint density at radius 3 is 1.72 bits per heavy atom. The fourth-order valence-electron chi connectivity index (χ4n) is 9.75. The van der Waals surface area contributed by atoms with Crippen LogP contribution in [0.1, 0.15) is 128 Å². The van der Waals surface area contributed by atoms with Gasteiger partial charge in [-0.3, -0.25) is 33.5 Å². The normalized spacial score (nSPS) is 16.6. The van der Waals surface area contributed by atoms with Gasteiger partial charge in [-0.15, -0.1) is 43.1 Å². The van der Waals surface area contributed by atoms with E-state index in [1.165, 1.54) is 16.2 Å². The predicted molar refractivity (Wildman–Crippen MR) is 292 cm³/mol. The Labute approximate surface area is 450 Å². The van der Waals surface area contributed by atoms with Gasteiger partial charge in [0.2, 0.25) is 0 Å². The molecule has 7 heterocycles. The number of thiophene rings is 2. The number of unbranched alkanes of at least 4 members (excludes halogenated alkanes) is 1. The number of ether oxygens (including phenoxy) is 2. The highest BCUT2D eigenvalue weighted by molar-refractivity contribution is 7.17. The lowest BCUT2D eigenvalue weighted by molar-refractivity contribution is -0.120. The Morgan fingerprint density at radius 1 is 0.635 bits per heavy atom. The maximum absolute atomic E-state index is 13.9. The number of ketones is 2. The van der Waals surface area contributed by atoms with E-state index < -0.39 is 12.1 Å². The number of amides is 1. The Bertz CT molecular complexity index is 3060. The van der Waals surface area contributed by atoms with Gasteiger partial charge in [0.1, 0.15) is 45.3 Å². The van der Waals surface area contributed by atoms with Crippen LogP contribution in [-0.2, 0) is 19.1 Å². The number of fused-ring (bicyclic) bond motifs is 6. The standard InChI is InChI=1S/C54H63Cl2N11O5S2/c1-32-34(3)73-53-45(32)47(37-12-16-39(55)17-13-37)58-44(50-62-60-35(4)66(50)53)31-42(69)11-9-26-71-28-29-72-27-20-57-52(70)49-33(2)46-48(38-14-18-40(56)19-15-38)59-43(51-63-61-36(5)67(51)54(46)74-49)30-41(68)10-7-8-21-65-24-22-64(6)23-25-65/h12-19,43-44H,7-11,20-31H2,1-6H3,(H,57,70). The van der Waals surface area contributed by atoms with E-state index in [9.17, 15) is 14.4 Å². The number of likely N-dealkylation sites (N-methyl/N-ethyl adjacent to an activating group) is 1. The van der Waals surface area contributed by atoms with Crippen LogP contribution < -0.4 is 5.32 Å². The molecule has 74 heavy (non-hydrogen) atoms. The minimum Gasteiger partial charge on any atom is -0.379 e. The van der Waals surface area contributed by atoms with Crippen molar-refractivity contribution < 1.29 is 23.9 Å². The fourth-order valence-corrected chi connectivity index (χ4v) is 12.5. The molecule has 0 aliphatic carbocycles. The Balaban J connectivity index is 0.759. The van der Waals surface area contributed by atoms with Crippen molar-refractivity contribution in [2.75, 3.05) is 72.7 Å².